The Morgan fingerprint density at radius 1 is 1.35 bits per heavy atom. The van der Waals surface area contributed by atoms with Crippen LogP contribution >= 0.6 is 0 Å². The van der Waals surface area contributed by atoms with Crippen molar-refractivity contribution >= 4 is 0 Å². The molecule has 0 saturated heterocycles. The Morgan fingerprint density at radius 2 is 2.25 bits per heavy atom. The SMILES string of the molecule is Cc1ccc2c(c1)CC(CC1(CO)CC3CCC1C3)O2. The topological polar surface area (TPSA) is 29.5 Å². The molecule has 2 aliphatic carbocycles. The van der Waals surface area contributed by atoms with Crippen LogP contribution in [0.15, 0.2) is 18.2 Å². The van der Waals surface area contributed by atoms with Crippen LogP contribution in [0.2, 0.25) is 0 Å². The van der Waals surface area contributed by atoms with E-state index in [1.165, 1.54) is 36.8 Å². The maximum Gasteiger partial charge on any atom is 0.123 e. The van der Waals surface area contributed by atoms with Crippen LogP contribution in [0, 0.1) is 24.2 Å². The standard InChI is InChI=1S/C18H24O2/c1-12-2-5-17-14(6-12)8-16(20-17)10-18(11-19)9-13-3-4-15(18)7-13/h2,5-6,13,15-16,19H,3-4,7-11H2,1H3. The van der Waals surface area contributed by atoms with E-state index in [4.69, 9.17) is 4.74 Å². The summed E-state index contributed by atoms with van der Waals surface area (Å²) in [5.74, 6) is 2.68. The van der Waals surface area contributed by atoms with Crippen molar-refractivity contribution in [2.45, 2.75) is 51.6 Å². The Bertz CT molecular complexity index is 524. The predicted octanol–water partition coefficient (Wildman–Crippen LogP) is 3.49. The number of rotatable bonds is 3. The Morgan fingerprint density at radius 3 is 2.95 bits per heavy atom. The van der Waals surface area contributed by atoms with Gasteiger partial charge in [0.2, 0.25) is 0 Å². The second-order valence-corrected chi connectivity index (χ2v) is 7.36. The van der Waals surface area contributed by atoms with Gasteiger partial charge in [-0.3, -0.25) is 0 Å². The Labute approximate surface area is 121 Å². The summed E-state index contributed by atoms with van der Waals surface area (Å²) < 4.78 is 6.15. The first-order valence-electron chi connectivity index (χ1n) is 8.05. The largest absolute Gasteiger partial charge is 0.490 e. The van der Waals surface area contributed by atoms with Crippen LogP contribution in [0.4, 0.5) is 0 Å². The van der Waals surface area contributed by atoms with Gasteiger partial charge in [-0.25, -0.2) is 0 Å². The minimum atomic E-state index is 0.157. The first-order chi connectivity index (χ1) is 9.68. The first-order valence-corrected chi connectivity index (χ1v) is 8.05. The average molecular weight is 272 g/mol. The molecule has 0 aromatic heterocycles. The van der Waals surface area contributed by atoms with Gasteiger partial charge in [0.25, 0.3) is 0 Å². The zero-order chi connectivity index (χ0) is 13.7. The molecule has 2 heteroatoms. The number of fused-ring (bicyclic) bond motifs is 3. The second kappa shape index (κ2) is 4.49. The van der Waals surface area contributed by atoms with E-state index in [0.29, 0.717) is 6.61 Å². The Kier molecular flexibility index (Phi) is 2.85. The third-order valence-electron chi connectivity index (χ3n) is 6.01. The molecule has 1 aliphatic heterocycles. The average Bonchev–Trinajstić information content (AvgIpc) is 3.11. The van der Waals surface area contributed by atoms with Gasteiger partial charge >= 0.3 is 0 Å². The molecule has 3 aliphatic rings. The monoisotopic (exact) mass is 272 g/mol. The van der Waals surface area contributed by atoms with Crippen LogP contribution in [-0.4, -0.2) is 17.8 Å². The summed E-state index contributed by atoms with van der Waals surface area (Å²) in [6.07, 6.45) is 7.62. The first kappa shape index (κ1) is 12.7. The third kappa shape index (κ3) is 1.88. The van der Waals surface area contributed by atoms with Crippen molar-refractivity contribution in [1.82, 2.24) is 0 Å². The molecule has 1 heterocycles. The molecule has 1 N–H and O–H groups in total. The van der Waals surface area contributed by atoms with E-state index in [9.17, 15) is 5.11 Å². The highest BCUT2D eigenvalue weighted by Gasteiger charge is 2.51. The lowest BCUT2D eigenvalue weighted by atomic mass is 9.70. The zero-order valence-electron chi connectivity index (χ0n) is 12.3. The van der Waals surface area contributed by atoms with Crippen molar-refractivity contribution in [1.29, 1.82) is 0 Å². The van der Waals surface area contributed by atoms with Gasteiger partial charge in [0.05, 0.1) is 0 Å². The lowest BCUT2D eigenvalue weighted by Gasteiger charge is -2.37. The Balaban J connectivity index is 1.51. The fourth-order valence-corrected chi connectivity index (χ4v) is 5.08. The number of aryl methyl sites for hydroxylation is 1. The summed E-state index contributed by atoms with van der Waals surface area (Å²) in [7, 11) is 0. The van der Waals surface area contributed by atoms with E-state index >= 15 is 0 Å². The molecule has 2 bridgehead atoms. The van der Waals surface area contributed by atoms with Crippen molar-refractivity contribution < 1.29 is 9.84 Å². The highest BCUT2D eigenvalue weighted by Crippen LogP contribution is 2.58. The molecular formula is C18H24O2. The maximum absolute atomic E-state index is 10.0. The lowest BCUT2D eigenvalue weighted by Crippen LogP contribution is -2.36. The molecule has 0 amide bonds. The molecule has 2 fully saturated rings. The van der Waals surface area contributed by atoms with Gasteiger partial charge in [-0.1, -0.05) is 24.1 Å². The molecule has 1 aromatic carbocycles. The predicted molar refractivity (Wildman–Crippen MR) is 78.9 cm³/mol. The van der Waals surface area contributed by atoms with Crippen molar-refractivity contribution in [3.05, 3.63) is 29.3 Å². The summed E-state index contributed by atoms with van der Waals surface area (Å²) >= 11 is 0. The van der Waals surface area contributed by atoms with Gasteiger partial charge in [0.15, 0.2) is 0 Å². The van der Waals surface area contributed by atoms with Crippen LogP contribution in [0.5, 0.6) is 5.75 Å². The van der Waals surface area contributed by atoms with E-state index in [2.05, 4.69) is 25.1 Å². The van der Waals surface area contributed by atoms with Crippen molar-refractivity contribution in [3.63, 3.8) is 0 Å². The highest BCUT2D eigenvalue weighted by atomic mass is 16.5. The molecule has 108 valence electrons. The zero-order valence-corrected chi connectivity index (χ0v) is 12.3. The number of hydrogen-bond donors (Lipinski definition) is 1. The fraction of sp³-hybridized carbons (Fsp3) is 0.667. The summed E-state index contributed by atoms with van der Waals surface area (Å²) in [5.41, 5.74) is 2.82. The fourth-order valence-electron chi connectivity index (χ4n) is 5.08. The molecule has 4 atom stereocenters. The van der Waals surface area contributed by atoms with E-state index in [1.54, 1.807) is 0 Å². The van der Waals surface area contributed by atoms with Gasteiger partial charge in [0, 0.05) is 18.4 Å². The van der Waals surface area contributed by atoms with Crippen LogP contribution in [0.1, 0.15) is 43.2 Å². The molecule has 2 saturated carbocycles. The van der Waals surface area contributed by atoms with Crippen LogP contribution in [0.25, 0.3) is 0 Å². The van der Waals surface area contributed by atoms with E-state index in [1.807, 2.05) is 0 Å². The molecule has 2 nitrogen and oxygen atoms in total. The van der Waals surface area contributed by atoms with Gasteiger partial charge < -0.3 is 9.84 Å². The minimum Gasteiger partial charge on any atom is -0.490 e. The summed E-state index contributed by atoms with van der Waals surface area (Å²) in [6.45, 7) is 2.49. The van der Waals surface area contributed by atoms with Gasteiger partial charge in [-0.2, -0.15) is 0 Å². The minimum absolute atomic E-state index is 0.157. The van der Waals surface area contributed by atoms with Crippen molar-refractivity contribution in [2.75, 3.05) is 6.61 Å². The number of benzene rings is 1. The number of aliphatic hydroxyl groups is 1. The normalized spacial score (nSPS) is 38.0. The summed E-state index contributed by atoms with van der Waals surface area (Å²) in [6, 6.07) is 6.49. The van der Waals surface area contributed by atoms with Crippen molar-refractivity contribution in [2.24, 2.45) is 17.3 Å². The summed E-state index contributed by atoms with van der Waals surface area (Å²) in [4.78, 5) is 0. The van der Waals surface area contributed by atoms with Gasteiger partial charge in [-0.05, 0) is 56.1 Å². The van der Waals surface area contributed by atoms with Crippen LogP contribution in [0.3, 0.4) is 0 Å². The lowest BCUT2D eigenvalue weighted by molar-refractivity contribution is 0.0225. The van der Waals surface area contributed by atoms with Gasteiger partial charge in [0.1, 0.15) is 11.9 Å². The number of ether oxygens (including phenoxy) is 1. The number of hydrogen-bond acceptors (Lipinski definition) is 2. The van der Waals surface area contributed by atoms with Crippen LogP contribution in [-0.2, 0) is 6.42 Å². The van der Waals surface area contributed by atoms with Crippen LogP contribution < -0.4 is 4.74 Å². The molecule has 0 spiro atoms. The van der Waals surface area contributed by atoms with Gasteiger partial charge in [-0.15, -0.1) is 0 Å². The molecule has 4 rings (SSSR count). The summed E-state index contributed by atoms with van der Waals surface area (Å²) in [5, 5.41) is 10.0. The smallest absolute Gasteiger partial charge is 0.123 e. The molecule has 4 unspecified atom stereocenters. The maximum atomic E-state index is 10.0. The number of aliphatic hydroxyl groups excluding tert-OH is 1. The Hall–Kier alpha value is -1.02. The van der Waals surface area contributed by atoms with Crippen molar-refractivity contribution in [3.8, 4) is 5.75 Å². The molecule has 0 radical (unpaired) electrons. The molecule has 1 aromatic rings. The van der Waals surface area contributed by atoms with E-state index in [0.717, 1.165) is 30.4 Å². The quantitative estimate of drug-likeness (QED) is 0.912. The van der Waals surface area contributed by atoms with E-state index < -0.39 is 0 Å². The second-order valence-electron chi connectivity index (χ2n) is 7.36. The van der Waals surface area contributed by atoms with E-state index in [-0.39, 0.29) is 11.5 Å². The molecule has 20 heavy (non-hydrogen) atoms. The molecular weight excluding hydrogens is 248 g/mol. The highest BCUT2D eigenvalue weighted by molar-refractivity contribution is 5.40. The third-order valence-corrected chi connectivity index (χ3v) is 6.01.